The van der Waals surface area contributed by atoms with Gasteiger partial charge in [-0.15, -0.1) is 0 Å². The van der Waals surface area contributed by atoms with E-state index in [4.69, 9.17) is 4.84 Å². The van der Waals surface area contributed by atoms with Crippen molar-refractivity contribution in [3.8, 4) is 0 Å². The van der Waals surface area contributed by atoms with Crippen LogP contribution in [0.1, 0.15) is 31.2 Å². The topological polar surface area (TPSA) is 96.9 Å². The zero-order valence-electron chi connectivity index (χ0n) is 12.8. The number of nitrogens with one attached hydrogen (secondary N) is 2. The number of hydrogen-bond donors (Lipinski definition) is 2. The summed E-state index contributed by atoms with van der Waals surface area (Å²) in [5.74, 6) is -0.0332. The molecular weight excluding hydrogens is 318 g/mol. The van der Waals surface area contributed by atoms with E-state index in [1.807, 2.05) is 0 Å². The van der Waals surface area contributed by atoms with Crippen LogP contribution in [0.3, 0.4) is 0 Å². The van der Waals surface area contributed by atoms with E-state index >= 15 is 0 Å². The first-order valence-corrected chi connectivity index (χ1v) is 9.04. The summed E-state index contributed by atoms with van der Waals surface area (Å²) in [5, 5.41) is 0. The molecule has 1 aliphatic carbocycles. The molecule has 124 valence electrons. The number of amidine groups is 1. The summed E-state index contributed by atoms with van der Waals surface area (Å²) in [5.41, 5.74) is 2.82. The van der Waals surface area contributed by atoms with Crippen molar-refractivity contribution in [1.29, 1.82) is 0 Å². The minimum Gasteiger partial charge on any atom is -0.277 e. The van der Waals surface area contributed by atoms with Gasteiger partial charge in [0.25, 0.3) is 15.9 Å². The predicted molar refractivity (Wildman–Crippen MR) is 84.2 cm³/mol. The van der Waals surface area contributed by atoms with Crippen molar-refractivity contribution >= 4 is 21.8 Å². The summed E-state index contributed by atoms with van der Waals surface area (Å²) >= 11 is 0. The average molecular weight is 337 g/mol. The van der Waals surface area contributed by atoms with E-state index in [1.54, 1.807) is 18.2 Å². The van der Waals surface area contributed by atoms with Crippen LogP contribution in [0.5, 0.6) is 0 Å². The van der Waals surface area contributed by atoms with Crippen molar-refractivity contribution in [2.75, 3.05) is 7.11 Å². The summed E-state index contributed by atoms with van der Waals surface area (Å²) in [6, 6.07) is 5.95. The summed E-state index contributed by atoms with van der Waals surface area (Å²) < 4.78 is 26.7. The first-order valence-electron chi connectivity index (χ1n) is 7.56. The Labute approximate surface area is 135 Å². The summed E-state index contributed by atoms with van der Waals surface area (Å²) in [6.07, 6.45) is 3.89. The van der Waals surface area contributed by atoms with Crippen molar-refractivity contribution in [3.63, 3.8) is 0 Å². The molecule has 0 aromatic heterocycles. The van der Waals surface area contributed by atoms with Crippen LogP contribution in [0.15, 0.2) is 34.2 Å². The molecule has 1 heterocycles. The average Bonchev–Trinajstić information content (AvgIpc) is 3.13. The highest BCUT2D eigenvalue weighted by atomic mass is 32.2. The molecule has 2 N–H and O–H groups in total. The molecule has 1 amide bonds. The number of hydroxylamine groups is 1. The number of carbonyl (C=O) groups excluding carboxylic acids is 1. The highest BCUT2D eigenvalue weighted by Gasteiger charge is 2.35. The zero-order valence-corrected chi connectivity index (χ0v) is 13.6. The Hall–Kier alpha value is -1.93. The standard InChI is InChI=1S/C15H19N3O4S/c1-22-17-15(19)13(10-6-2-3-7-10)16-14-11-8-4-5-9-12(11)23(20,21)18-14/h4-5,8-10,13H,2-3,6-7H2,1H3,(H,16,18)(H,17,19)/t13-/m0/s1. The number of fused-ring (bicyclic) bond motifs is 1. The highest BCUT2D eigenvalue weighted by molar-refractivity contribution is 7.90. The molecule has 1 fully saturated rings. The fourth-order valence-corrected chi connectivity index (χ4v) is 4.42. The molecule has 0 spiro atoms. The minimum absolute atomic E-state index is 0.0925. The maximum Gasteiger partial charge on any atom is 0.268 e. The van der Waals surface area contributed by atoms with Gasteiger partial charge in [0.2, 0.25) is 0 Å². The van der Waals surface area contributed by atoms with Gasteiger partial charge in [-0.2, -0.15) is 0 Å². The van der Waals surface area contributed by atoms with Crippen LogP contribution >= 0.6 is 0 Å². The Kier molecular flexibility index (Phi) is 4.36. The largest absolute Gasteiger partial charge is 0.277 e. The first kappa shape index (κ1) is 15.9. The van der Waals surface area contributed by atoms with E-state index in [-0.39, 0.29) is 22.6 Å². The number of hydrogen-bond acceptors (Lipinski definition) is 5. The second-order valence-corrected chi connectivity index (χ2v) is 7.39. The monoisotopic (exact) mass is 337 g/mol. The van der Waals surface area contributed by atoms with Gasteiger partial charge >= 0.3 is 0 Å². The molecule has 0 unspecified atom stereocenters. The van der Waals surface area contributed by atoms with E-state index in [2.05, 4.69) is 15.2 Å². The lowest BCUT2D eigenvalue weighted by Crippen LogP contribution is -2.38. The van der Waals surface area contributed by atoms with Gasteiger partial charge in [-0.3, -0.25) is 19.3 Å². The molecule has 0 bridgehead atoms. The number of amides is 1. The quantitative estimate of drug-likeness (QED) is 0.800. The second kappa shape index (κ2) is 6.29. The molecule has 1 saturated carbocycles. The molecule has 0 saturated heterocycles. The van der Waals surface area contributed by atoms with Crippen LogP contribution in [0.2, 0.25) is 0 Å². The number of carbonyl (C=O) groups is 1. The molecule has 1 aromatic carbocycles. The van der Waals surface area contributed by atoms with Crippen molar-refractivity contribution in [2.45, 2.75) is 36.6 Å². The van der Waals surface area contributed by atoms with Gasteiger partial charge in [-0.25, -0.2) is 13.9 Å². The van der Waals surface area contributed by atoms with Crippen LogP contribution in [-0.2, 0) is 19.7 Å². The van der Waals surface area contributed by atoms with Crippen LogP contribution in [0, 0.1) is 5.92 Å². The molecule has 1 aliphatic heterocycles. The van der Waals surface area contributed by atoms with Crippen LogP contribution in [-0.4, -0.2) is 33.3 Å². The third-order valence-corrected chi connectivity index (χ3v) is 5.65. The maximum atomic E-state index is 12.3. The normalized spacial score (nSPS) is 22.6. The van der Waals surface area contributed by atoms with Crippen molar-refractivity contribution in [1.82, 2.24) is 10.2 Å². The van der Waals surface area contributed by atoms with Crippen LogP contribution in [0.4, 0.5) is 0 Å². The smallest absolute Gasteiger partial charge is 0.268 e. The van der Waals surface area contributed by atoms with Crippen LogP contribution < -0.4 is 10.2 Å². The third-order valence-electron chi connectivity index (χ3n) is 4.25. The summed E-state index contributed by atoms with van der Waals surface area (Å²) in [6.45, 7) is 0. The number of rotatable bonds is 4. The predicted octanol–water partition coefficient (Wildman–Crippen LogP) is 0.961. The lowest BCUT2D eigenvalue weighted by atomic mass is 9.98. The molecule has 3 rings (SSSR count). The Morgan fingerprint density at radius 1 is 1.35 bits per heavy atom. The van der Waals surface area contributed by atoms with Crippen molar-refractivity contribution in [3.05, 3.63) is 29.8 Å². The van der Waals surface area contributed by atoms with E-state index in [0.717, 1.165) is 25.7 Å². The lowest BCUT2D eigenvalue weighted by Gasteiger charge is -2.19. The molecule has 8 heteroatoms. The van der Waals surface area contributed by atoms with Gasteiger partial charge in [0.05, 0.1) is 12.0 Å². The molecule has 23 heavy (non-hydrogen) atoms. The van der Waals surface area contributed by atoms with Gasteiger partial charge in [-0.05, 0) is 30.9 Å². The Morgan fingerprint density at radius 2 is 2.04 bits per heavy atom. The third kappa shape index (κ3) is 3.09. The number of benzene rings is 1. The van der Waals surface area contributed by atoms with Gasteiger partial charge in [0.1, 0.15) is 11.9 Å². The number of sulfonamides is 1. The summed E-state index contributed by atoms with van der Waals surface area (Å²) in [7, 11) is -2.24. The van der Waals surface area contributed by atoms with E-state index in [0.29, 0.717) is 5.56 Å². The molecule has 7 nitrogen and oxygen atoms in total. The Morgan fingerprint density at radius 3 is 2.74 bits per heavy atom. The maximum absolute atomic E-state index is 12.3. The first-order chi connectivity index (χ1) is 11.0. The SMILES string of the molecule is CONC(=O)[C@@H](N=C1NS(=O)(=O)c2ccccc21)C1CCCC1. The highest BCUT2D eigenvalue weighted by Crippen LogP contribution is 2.31. The number of nitrogens with zero attached hydrogens (tertiary/aromatic N) is 1. The van der Waals surface area contributed by atoms with Gasteiger partial charge in [0, 0.05) is 5.56 Å². The van der Waals surface area contributed by atoms with Gasteiger partial charge in [0.15, 0.2) is 0 Å². The van der Waals surface area contributed by atoms with E-state index in [9.17, 15) is 13.2 Å². The minimum atomic E-state index is -3.61. The van der Waals surface area contributed by atoms with Crippen LogP contribution in [0.25, 0.3) is 0 Å². The van der Waals surface area contributed by atoms with Crippen molar-refractivity contribution < 1.29 is 18.0 Å². The molecule has 1 aromatic rings. The zero-order chi connectivity index (χ0) is 16.4. The van der Waals surface area contributed by atoms with E-state index < -0.39 is 16.1 Å². The number of aliphatic imine (C=N–C) groups is 1. The summed E-state index contributed by atoms with van der Waals surface area (Å²) in [4.78, 5) is 21.6. The lowest BCUT2D eigenvalue weighted by molar-refractivity contribution is -0.133. The molecule has 1 atom stereocenters. The second-order valence-electron chi connectivity index (χ2n) is 5.74. The molecular formula is C15H19N3O4S. The van der Waals surface area contributed by atoms with Gasteiger partial charge < -0.3 is 0 Å². The fraction of sp³-hybridized carbons (Fsp3) is 0.467. The Bertz CT molecular complexity index is 739. The van der Waals surface area contributed by atoms with Crippen molar-refractivity contribution in [2.24, 2.45) is 10.9 Å². The fourth-order valence-electron chi connectivity index (χ4n) is 3.18. The molecule has 2 aliphatic rings. The molecule has 0 radical (unpaired) electrons. The Balaban J connectivity index is 1.98. The van der Waals surface area contributed by atoms with E-state index in [1.165, 1.54) is 13.2 Å². The van der Waals surface area contributed by atoms with Gasteiger partial charge in [-0.1, -0.05) is 25.0 Å².